The smallest absolute Gasteiger partial charge is 0.330 e. The topological polar surface area (TPSA) is 68.3 Å². The molecule has 5 nitrogen and oxygen atoms in total. The highest BCUT2D eigenvalue weighted by Gasteiger charge is 2.04. The molecule has 1 heterocycles. The maximum atomic E-state index is 11.7. The zero-order valence-corrected chi connectivity index (χ0v) is 13.9. The second-order valence-electron chi connectivity index (χ2n) is 4.81. The van der Waals surface area contributed by atoms with E-state index >= 15 is 0 Å². The second kappa shape index (κ2) is 8.24. The number of nitrogens with one attached hydrogen (secondary N) is 1. The van der Waals surface area contributed by atoms with E-state index in [1.807, 2.05) is 6.92 Å². The lowest BCUT2D eigenvalue weighted by Gasteiger charge is -2.01. The average molecular weight is 330 g/mol. The Labute approximate surface area is 139 Å². The Balaban J connectivity index is 1.81. The number of hydrogen-bond acceptors (Lipinski definition) is 5. The number of esters is 1. The predicted molar refractivity (Wildman–Crippen MR) is 90.4 cm³/mol. The van der Waals surface area contributed by atoms with Gasteiger partial charge in [0.25, 0.3) is 5.91 Å². The van der Waals surface area contributed by atoms with Crippen molar-refractivity contribution in [2.24, 2.45) is 0 Å². The number of nitrogens with zero attached hydrogens (tertiary/aromatic N) is 1. The van der Waals surface area contributed by atoms with E-state index in [0.717, 1.165) is 16.1 Å². The Hall–Kier alpha value is -2.47. The summed E-state index contributed by atoms with van der Waals surface area (Å²) in [6.07, 6.45) is 3.72. The number of ether oxygens (including phenoxy) is 1. The van der Waals surface area contributed by atoms with E-state index in [0.29, 0.717) is 18.6 Å². The zero-order valence-electron chi connectivity index (χ0n) is 13.0. The Morgan fingerprint density at radius 3 is 2.65 bits per heavy atom. The SMILES string of the molecule is CNC(=O)c1ccc(/C=C/C(=O)OCCc2scnc2C)cc1. The molecule has 0 unspecified atom stereocenters. The van der Waals surface area contributed by atoms with Gasteiger partial charge in [-0.2, -0.15) is 0 Å². The van der Waals surface area contributed by atoms with Gasteiger partial charge < -0.3 is 10.1 Å². The van der Waals surface area contributed by atoms with E-state index < -0.39 is 0 Å². The minimum absolute atomic E-state index is 0.140. The van der Waals surface area contributed by atoms with Gasteiger partial charge >= 0.3 is 5.97 Å². The van der Waals surface area contributed by atoms with Crippen molar-refractivity contribution in [3.63, 3.8) is 0 Å². The first-order valence-electron chi connectivity index (χ1n) is 7.16. The first-order valence-corrected chi connectivity index (χ1v) is 8.04. The Morgan fingerprint density at radius 2 is 2.04 bits per heavy atom. The average Bonchev–Trinajstić information content (AvgIpc) is 2.98. The number of benzene rings is 1. The van der Waals surface area contributed by atoms with Crippen molar-refractivity contribution in [2.75, 3.05) is 13.7 Å². The van der Waals surface area contributed by atoms with Gasteiger partial charge in [-0.15, -0.1) is 11.3 Å². The molecule has 0 spiro atoms. The number of carbonyl (C=O) groups excluding carboxylic acids is 2. The molecule has 6 heteroatoms. The Kier molecular flexibility index (Phi) is 6.05. The van der Waals surface area contributed by atoms with Gasteiger partial charge in [0.15, 0.2) is 0 Å². The third-order valence-electron chi connectivity index (χ3n) is 3.23. The van der Waals surface area contributed by atoms with Crippen LogP contribution in [0.25, 0.3) is 6.08 Å². The fraction of sp³-hybridized carbons (Fsp3) is 0.235. The summed E-state index contributed by atoms with van der Waals surface area (Å²) in [6.45, 7) is 2.28. The summed E-state index contributed by atoms with van der Waals surface area (Å²) in [5.74, 6) is -0.527. The lowest BCUT2D eigenvalue weighted by Crippen LogP contribution is -2.17. The molecule has 0 fully saturated rings. The molecule has 0 atom stereocenters. The summed E-state index contributed by atoms with van der Waals surface area (Å²) in [5, 5.41) is 2.55. The van der Waals surface area contributed by atoms with E-state index in [1.54, 1.807) is 54.2 Å². The molecule has 0 aliphatic heterocycles. The second-order valence-corrected chi connectivity index (χ2v) is 5.75. The summed E-state index contributed by atoms with van der Waals surface area (Å²) < 4.78 is 5.16. The van der Waals surface area contributed by atoms with E-state index in [1.165, 1.54) is 6.08 Å². The summed E-state index contributed by atoms with van der Waals surface area (Å²) >= 11 is 1.56. The molecule has 0 saturated heterocycles. The number of aromatic nitrogens is 1. The Bertz CT molecular complexity index is 705. The molecule has 23 heavy (non-hydrogen) atoms. The molecule has 1 amide bonds. The van der Waals surface area contributed by atoms with Crippen LogP contribution in [0.2, 0.25) is 0 Å². The molecule has 2 aromatic rings. The standard InChI is InChI=1S/C17H18N2O3S/c1-12-15(23-11-19-12)9-10-22-16(20)8-5-13-3-6-14(7-4-13)17(21)18-2/h3-8,11H,9-10H2,1-2H3,(H,18,21)/b8-5+. The predicted octanol–water partition coefficient (Wildman–Crippen LogP) is 2.61. The van der Waals surface area contributed by atoms with Crippen molar-refractivity contribution in [2.45, 2.75) is 13.3 Å². The number of rotatable bonds is 6. The van der Waals surface area contributed by atoms with Crippen molar-refractivity contribution in [3.8, 4) is 0 Å². The van der Waals surface area contributed by atoms with Gasteiger partial charge in [-0.05, 0) is 30.7 Å². The maximum absolute atomic E-state index is 11.7. The lowest BCUT2D eigenvalue weighted by atomic mass is 10.1. The molecule has 2 rings (SSSR count). The lowest BCUT2D eigenvalue weighted by molar-refractivity contribution is -0.137. The van der Waals surface area contributed by atoms with Crippen LogP contribution in [0, 0.1) is 6.92 Å². The fourth-order valence-electron chi connectivity index (χ4n) is 1.91. The van der Waals surface area contributed by atoms with Crippen molar-refractivity contribution in [1.82, 2.24) is 10.3 Å². The molecule has 0 aliphatic carbocycles. The highest BCUT2D eigenvalue weighted by Crippen LogP contribution is 2.12. The molecular weight excluding hydrogens is 312 g/mol. The third-order valence-corrected chi connectivity index (χ3v) is 4.22. The largest absolute Gasteiger partial charge is 0.462 e. The van der Waals surface area contributed by atoms with E-state index in [4.69, 9.17) is 4.74 Å². The molecule has 0 aliphatic rings. The van der Waals surface area contributed by atoms with Gasteiger partial charge in [0, 0.05) is 30.0 Å². The van der Waals surface area contributed by atoms with Gasteiger partial charge in [0.05, 0.1) is 17.8 Å². The van der Waals surface area contributed by atoms with Crippen LogP contribution in [0.15, 0.2) is 35.9 Å². The quantitative estimate of drug-likeness (QED) is 0.653. The molecule has 1 aromatic carbocycles. The van der Waals surface area contributed by atoms with Gasteiger partial charge in [0.1, 0.15) is 0 Å². The highest BCUT2D eigenvalue weighted by atomic mass is 32.1. The Morgan fingerprint density at radius 1 is 1.30 bits per heavy atom. The third kappa shape index (κ3) is 5.03. The normalized spacial score (nSPS) is 10.7. The van der Waals surface area contributed by atoms with Gasteiger partial charge in [-0.25, -0.2) is 9.78 Å². The maximum Gasteiger partial charge on any atom is 0.330 e. The summed E-state index contributed by atoms with van der Waals surface area (Å²) in [5.41, 5.74) is 4.17. The van der Waals surface area contributed by atoms with Crippen LogP contribution in [0.4, 0.5) is 0 Å². The molecule has 1 N–H and O–H groups in total. The van der Waals surface area contributed by atoms with Crippen LogP contribution >= 0.6 is 11.3 Å². The van der Waals surface area contributed by atoms with E-state index in [-0.39, 0.29) is 11.9 Å². The van der Waals surface area contributed by atoms with Crippen LogP contribution in [-0.2, 0) is 16.0 Å². The van der Waals surface area contributed by atoms with Crippen LogP contribution in [0.5, 0.6) is 0 Å². The molecular formula is C17H18N2O3S. The summed E-state index contributed by atoms with van der Waals surface area (Å²) in [4.78, 5) is 28.4. The van der Waals surface area contributed by atoms with Crippen LogP contribution < -0.4 is 5.32 Å². The number of thiazole rings is 1. The zero-order chi connectivity index (χ0) is 16.7. The van der Waals surface area contributed by atoms with E-state index in [9.17, 15) is 9.59 Å². The molecule has 120 valence electrons. The molecule has 0 radical (unpaired) electrons. The molecule has 0 saturated carbocycles. The minimum Gasteiger partial charge on any atom is -0.462 e. The van der Waals surface area contributed by atoms with Crippen molar-refractivity contribution in [3.05, 3.63) is 57.6 Å². The molecule has 0 bridgehead atoms. The highest BCUT2D eigenvalue weighted by molar-refractivity contribution is 7.09. The first kappa shape index (κ1) is 16.9. The number of amides is 1. The number of carbonyl (C=O) groups is 2. The number of hydrogen-bond donors (Lipinski definition) is 1. The van der Waals surface area contributed by atoms with Crippen LogP contribution in [0.3, 0.4) is 0 Å². The van der Waals surface area contributed by atoms with Gasteiger partial charge in [-0.1, -0.05) is 12.1 Å². The van der Waals surface area contributed by atoms with E-state index in [2.05, 4.69) is 10.3 Å². The summed E-state index contributed by atoms with van der Waals surface area (Å²) in [7, 11) is 1.58. The van der Waals surface area contributed by atoms with Gasteiger partial charge in [0.2, 0.25) is 0 Å². The van der Waals surface area contributed by atoms with Gasteiger partial charge in [-0.3, -0.25) is 4.79 Å². The van der Waals surface area contributed by atoms with Crippen LogP contribution in [-0.4, -0.2) is 30.5 Å². The number of aryl methyl sites for hydroxylation is 1. The molecule has 1 aromatic heterocycles. The summed E-state index contributed by atoms with van der Waals surface area (Å²) in [6, 6.07) is 6.96. The van der Waals surface area contributed by atoms with Crippen molar-refractivity contribution >= 4 is 29.3 Å². The van der Waals surface area contributed by atoms with Crippen LogP contribution in [0.1, 0.15) is 26.5 Å². The fourth-order valence-corrected chi connectivity index (χ4v) is 2.68. The first-order chi connectivity index (χ1) is 11.1. The van der Waals surface area contributed by atoms with Crippen molar-refractivity contribution < 1.29 is 14.3 Å². The monoisotopic (exact) mass is 330 g/mol. The minimum atomic E-state index is -0.387. The van der Waals surface area contributed by atoms with Crippen molar-refractivity contribution in [1.29, 1.82) is 0 Å².